The summed E-state index contributed by atoms with van der Waals surface area (Å²) >= 11 is 0. The van der Waals surface area contributed by atoms with Crippen molar-refractivity contribution in [3.05, 3.63) is 83.9 Å². The monoisotopic (exact) mass is 439 g/mol. The number of nitrogens with zero attached hydrogens (tertiary/aromatic N) is 3. The van der Waals surface area contributed by atoms with Crippen molar-refractivity contribution < 1.29 is 18.7 Å². The summed E-state index contributed by atoms with van der Waals surface area (Å²) in [6.07, 6.45) is 1.44. The third-order valence-corrected chi connectivity index (χ3v) is 5.52. The van der Waals surface area contributed by atoms with Gasteiger partial charge in [0.15, 0.2) is 0 Å². The van der Waals surface area contributed by atoms with Crippen LogP contribution in [0.3, 0.4) is 0 Å². The SMILES string of the molecule is Cc1ccc(-c2nnc(-c3ccc(C(=O)Oc4ccc(N5CCCC5=O)cc4)cc3)o2)cc1. The van der Waals surface area contributed by atoms with Crippen molar-refractivity contribution in [2.24, 2.45) is 0 Å². The zero-order valence-corrected chi connectivity index (χ0v) is 18.0. The number of benzene rings is 3. The minimum atomic E-state index is -0.475. The van der Waals surface area contributed by atoms with Crippen LogP contribution in [0, 0.1) is 6.92 Å². The minimum absolute atomic E-state index is 0.118. The van der Waals surface area contributed by atoms with Crippen molar-refractivity contribution in [2.75, 3.05) is 11.4 Å². The first kappa shape index (κ1) is 20.6. The van der Waals surface area contributed by atoms with E-state index in [1.807, 2.05) is 31.2 Å². The van der Waals surface area contributed by atoms with E-state index in [0.29, 0.717) is 35.1 Å². The molecule has 1 aliphatic heterocycles. The van der Waals surface area contributed by atoms with Gasteiger partial charge in [-0.1, -0.05) is 17.7 Å². The topological polar surface area (TPSA) is 85.5 Å². The lowest BCUT2D eigenvalue weighted by Crippen LogP contribution is -2.23. The molecule has 0 aliphatic carbocycles. The number of hydrogen-bond acceptors (Lipinski definition) is 6. The number of carbonyl (C=O) groups excluding carboxylic acids is 2. The summed E-state index contributed by atoms with van der Waals surface area (Å²) in [6, 6.07) is 21.6. The number of rotatable bonds is 5. The van der Waals surface area contributed by atoms with Crippen LogP contribution in [0.1, 0.15) is 28.8 Å². The van der Waals surface area contributed by atoms with Crippen LogP contribution in [-0.2, 0) is 4.79 Å². The summed E-state index contributed by atoms with van der Waals surface area (Å²) < 4.78 is 11.3. The highest BCUT2D eigenvalue weighted by molar-refractivity contribution is 5.95. The van der Waals surface area contributed by atoms with Crippen LogP contribution in [-0.4, -0.2) is 28.6 Å². The molecule has 1 amide bonds. The van der Waals surface area contributed by atoms with E-state index in [2.05, 4.69) is 10.2 Å². The minimum Gasteiger partial charge on any atom is -0.423 e. The van der Waals surface area contributed by atoms with Gasteiger partial charge in [-0.3, -0.25) is 4.79 Å². The Morgan fingerprint density at radius 1 is 0.879 bits per heavy atom. The molecule has 0 bridgehead atoms. The predicted octanol–water partition coefficient (Wildman–Crippen LogP) is 5.06. The average Bonchev–Trinajstić information content (AvgIpc) is 3.50. The quantitative estimate of drug-likeness (QED) is 0.319. The van der Waals surface area contributed by atoms with Crippen molar-refractivity contribution in [1.29, 1.82) is 0 Å². The molecule has 0 spiro atoms. The smallest absolute Gasteiger partial charge is 0.343 e. The third-order valence-electron chi connectivity index (χ3n) is 5.52. The van der Waals surface area contributed by atoms with Gasteiger partial charge in [0.25, 0.3) is 0 Å². The Labute approximate surface area is 190 Å². The molecular weight excluding hydrogens is 418 g/mol. The van der Waals surface area contributed by atoms with Crippen LogP contribution in [0.4, 0.5) is 5.69 Å². The average molecular weight is 439 g/mol. The Kier molecular flexibility index (Phi) is 5.44. The molecule has 1 fully saturated rings. The third kappa shape index (κ3) is 4.39. The molecule has 1 aliphatic rings. The van der Waals surface area contributed by atoms with Gasteiger partial charge in [0, 0.05) is 29.8 Å². The Morgan fingerprint density at radius 2 is 1.48 bits per heavy atom. The van der Waals surface area contributed by atoms with Gasteiger partial charge < -0.3 is 14.1 Å². The van der Waals surface area contributed by atoms with Gasteiger partial charge in [0.1, 0.15) is 5.75 Å². The molecular formula is C26H21N3O4. The largest absolute Gasteiger partial charge is 0.423 e. The van der Waals surface area contributed by atoms with Crippen LogP contribution < -0.4 is 9.64 Å². The van der Waals surface area contributed by atoms with Crippen molar-refractivity contribution in [3.8, 4) is 28.7 Å². The summed E-state index contributed by atoms with van der Waals surface area (Å²) in [6.45, 7) is 2.73. The van der Waals surface area contributed by atoms with E-state index in [0.717, 1.165) is 29.8 Å². The van der Waals surface area contributed by atoms with Gasteiger partial charge >= 0.3 is 5.97 Å². The van der Waals surface area contributed by atoms with Gasteiger partial charge in [-0.2, -0.15) is 0 Å². The summed E-state index contributed by atoms with van der Waals surface area (Å²) in [5.74, 6) is 0.869. The van der Waals surface area contributed by atoms with Crippen LogP contribution in [0.15, 0.2) is 77.2 Å². The van der Waals surface area contributed by atoms with Crippen LogP contribution >= 0.6 is 0 Å². The summed E-state index contributed by atoms with van der Waals surface area (Å²) in [4.78, 5) is 26.1. The van der Waals surface area contributed by atoms with Crippen molar-refractivity contribution in [3.63, 3.8) is 0 Å². The molecule has 33 heavy (non-hydrogen) atoms. The fraction of sp³-hybridized carbons (Fsp3) is 0.154. The van der Waals surface area contributed by atoms with Gasteiger partial charge in [0.05, 0.1) is 5.56 Å². The molecule has 4 aromatic rings. The molecule has 5 rings (SSSR count). The van der Waals surface area contributed by atoms with Crippen LogP contribution in [0.5, 0.6) is 5.75 Å². The fourth-order valence-electron chi connectivity index (χ4n) is 3.68. The second-order valence-corrected chi connectivity index (χ2v) is 7.89. The molecule has 0 radical (unpaired) electrons. The number of anilines is 1. The van der Waals surface area contributed by atoms with Crippen molar-refractivity contribution in [2.45, 2.75) is 19.8 Å². The van der Waals surface area contributed by atoms with Crippen LogP contribution in [0.2, 0.25) is 0 Å². The Bertz CT molecular complexity index is 1290. The summed E-state index contributed by atoms with van der Waals surface area (Å²) in [5, 5.41) is 8.23. The number of hydrogen-bond donors (Lipinski definition) is 0. The Morgan fingerprint density at radius 3 is 2.06 bits per heavy atom. The zero-order valence-electron chi connectivity index (χ0n) is 18.0. The standard InChI is InChI=1S/C26H21N3O4/c1-17-4-6-18(7-5-17)24-27-28-25(33-24)19-8-10-20(11-9-19)26(31)32-22-14-12-21(13-15-22)29-16-2-3-23(29)30/h4-15H,2-3,16H2,1H3. The first-order chi connectivity index (χ1) is 16.1. The van der Waals surface area contributed by atoms with Gasteiger partial charge in [-0.25, -0.2) is 4.79 Å². The van der Waals surface area contributed by atoms with E-state index >= 15 is 0 Å². The van der Waals surface area contributed by atoms with E-state index in [1.54, 1.807) is 53.4 Å². The second kappa shape index (κ2) is 8.70. The number of aryl methyl sites for hydroxylation is 1. The Balaban J connectivity index is 1.25. The molecule has 1 saturated heterocycles. The maximum absolute atomic E-state index is 12.5. The molecule has 2 heterocycles. The highest BCUT2D eigenvalue weighted by Crippen LogP contribution is 2.26. The highest BCUT2D eigenvalue weighted by atomic mass is 16.5. The van der Waals surface area contributed by atoms with Crippen LogP contribution in [0.25, 0.3) is 22.9 Å². The fourth-order valence-corrected chi connectivity index (χ4v) is 3.68. The number of carbonyl (C=O) groups is 2. The number of ether oxygens (including phenoxy) is 1. The number of amides is 1. The predicted molar refractivity (Wildman–Crippen MR) is 123 cm³/mol. The van der Waals surface area contributed by atoms with E-state index in [4.69, 9.17) is 9.15 Å². The molecule has 0 atom stereocenters. The van der Waals surface area contributed by atoms with Crippen molar-refractivity contribution in [1.82, 2.24) is 10.2 Å². The maximum atomic E-state index is 12.5. The number of esters is 1. The van der Waals surface area contributed by atoms with Gasteiger partial charge in [0.2, 0.25) is 17.7 Å². The van der Waals surface area contributed by atoms with E-state index < -0.39 is 5.97 Å². The molecule has 164 valence electrons. The normalized spacial score (nSPS) is 13.4. The van der Waals surface area contributed by atoms with Crippen molar-refractivity contribution >= 4 is 17.6 Å². The van der Waals surface area contributed by atoms with Gasteiger partial charge in [-0.05, 0) is 74.0 Å². The second-order valence-electron chi connectivity index (χ2n) is 7.89. The van der Waals surface area contributed by atoms with E-state index in [-0.39, 0.29) is 5.91 Å². The molecule has 1 aromatic heterocycles. The molecule has 0 N–H and O–H groups in total. The highest BCUT2D eigenvalue weighted by Gasteiger charge is 2.21. The zero-order chi connectivity index (χ0) is 22.8. The molecule has 0 unspecified atom stereocenters. The first-order valence-corrected chi connectivity index (χ1v) is 10.7. The Hall–Kier alpha value is -4.26. The maximum Gasteiger partial charge on any atom is 0.343 e. The summed E-state index contributed by atoms with van der Waals surface area (Å²) in [7, 11) is 0. The number of aromatic nitrogens is 2. The lowest BCUT2D eigenvalue weighted by molar-refractivity contribution is -0.117. The lowest BCUT2D eigenvalue weighted by Gasteiger charge is -2.15. The molecule has 3 aromatic carbocycles. The molecule has 7 heteroatoms. The molecule has 7 nitrogen and oxygen atoms in total. The first-order valence-electron chi connectivity index (χ1n) is 10.7. The van der Waals surface area contributed by atoms with E-state index in [1.165, 1.54) is 0 Å². The lowest BCUT2D eigenvalue weighted by atomic mass is 10.1. The van der Waals surface area contributed by atoms with Gasteiger partial charge in [-0.15, -0.1) is 10.2 Å². The van der Waals surface area contributed by atoms with E-state index in [9.17, 15) is 9.59 Å². The summed E-state index contributed by atoms with van der Waals surface area (Å²) in [5.41, 5.74) is 3.91. The molecule has 0 saturated carbocycles.